The van der Waals surface area contributed by atoms with Crippen LogP contribution in [0, 0.1) is 12.8 Å². The van der Waals surface area contributed by atoms with Crippen LogP contribution in [0.3, 0.4) is 0 Å². The van der Waals surface area contributed by atoms with E-state index >= 15 is 0 Å². The second-order valence-corrected chi connectivity index (χ2v) is 4.18. The Bertz CT molecular complexity index is 350. The average Bonchev–Trinajstić information content (AvgIpc) is 2.81. The monoisotopic (exact) mass is 206 g/mol. The molecule has 0 spiro atoms. The number of rotatable bonds is 4. The molecule has 82 valence electrons. The van der Waals surface area contributed by atoms with Crippen LogP contribution >= 0.6 is 0 Å². The minimum absolute atomic E-state index is 0.605. The van der Waals surface area contributed by atoms with Crippen LogP contribution in [0.4, 0.5) is 11.6 Å². The van der Waals surface area contributed by atoms with E-state index in [0.717, 1.165) is 29.9 Å². The highest BCUT2D eigenvalue weighted by molar-refractivity contribution is 5.48. The van der Waals surface area contributed by atoms with Crippen molar-refractivity contribution in [2.75, 3.05) is 17.2 Å². The van der Waals surface area contributed by atoms with E-state index in [4.69, 9.17) is 0 Å². The lowest BCUT2D eigenvalue weighted by Gasteiger charge is -2.08. The van der Waals surface area contributed by atoms with Gasteiger partial charge in [-0.3, -0.25) is 0 Å². The molecular weight excluding hydrogens is 188 g/mol. The highest BCUT2D eigenvalue weighted by Crippen LogP contribution is 2.32. The quantitative estimate of drug-likeness (QED) is 0.791. The Morgan fingerprint density at radius 3 is 2.67 bits per heavy atom. The van der Waals surface area contributed by atoms with Gasteiger partial charge in [0, 0.05) is 18.7 Å². The van der Waals surface area contributed by atoms with Crippen molar-refractivity contribution < 1.29 is 0 Å². The summed E-state index contributed by atoms with van der Waals surface area (Å²) in [4.78, 5) is 8.68. The summed E-state index contributed by atoms with van der Waals surface area (Å²) in [6, 6.07) is 2.58. The van der Waals surface area contributed by atoms with E-state index in [0.29, 0.717) is 6.04 Å². The Morgan fingerprint density at radius 1 is 1.40 bits per heavy atom. The van der Waals surface area contributed by atoms with E-state index in [2.05, 4.69) is 34.4 Å². The largest absolute Gasteiger partial charge is 0.370 e. The molecule has 0 radical (unpaired) electrons. The number of aryl methyl sites for hydroxylation is 1. The molecule has 15 heavy (non-hydrogen) atoms. The van der Waals surface area contributed by atoms with Crippen LogP contribution in [0.25, 0.3) is 0 Å². The summed E-state index contributed by atoms with van der Waals surface area (Å²) >= 11 is 0. The van der Waals surface area contributed by atoms with Crippen molar-refractivity contribution in [1.29, 1.82) is 0 Å². The maximum Gasteiger partial charge on any atom is 0.132 e. The molecule has 1 fully saturated rings. The molecule has 1 aromatic heterocycles. The summed E-state index contributed by atoms with van der Waals surface area (Å²) in [5, 5.41) is 6.62. The maximum atomic E-state index is 4.37. The van der Waals surface area contributed by atoms with Crippen LogP contribution in [0.5, 0.6) is 0 Å². The molecule has 0 amide bonds. The smallest absolute Gasteiger partial charge is 0.132 e. The molecule has 1 saturated carbocycles. The lowest BCUT2D eigenvalue weighted by Crippen LogP contribution is -2.08. The summed E-state index contributed by atoms with van der Waals surface area (Å²) in [6.45, 7) is 7.11. The molecule has 4 nitrogen and oxygen atoms in total. The summed E-state index contributed by atoms with van der Waals surface area (Å²) in [6.07, 6.45) is 1.25. The fraction of sp³-hybridized carbons (Fsp3) is 0.636. The van der Waals surface area contributed by atoms with Crippen molar-refractivity contribution in [3.05, 3.63) is 11.9 Å². The third kappa shape index (κ3) is 2.58. The summed E-state index contributed by atoms with van der Waals surface area (Å²) in [5.41, 5.74) is 0. The third-order valence-electron chi connectivity index (χ3n) is 2.64. The Morgan fingerprint density at radius 2 is 2.07 bits per heavy atom. The van der Waals surface area contributed by atoms with Gasteiger partial charge >= 0.3 is 0 Å². The molecular formula is C11H18N4. The van der Waals surface area contributed by atoms with Gasteiger partial charge in [0.05, 0.1) is 0 Å². The van der Waals surface area contributed by atoms with Crippen molar-refractivity contribution in [2.24, 2.45) is 5.92 Å². The van der Waals surface area contributed by atoms with Gasteiger partial charge in [0.25, 0.3) is 0 Å². The summed E-state index contributed by atoms with van der Waals surface area (Å²) in [7, 11) is 0. The van der Waals surface area contributed by atoms with E-state index in [9.17, 15) is 0 Å². The van der Waals surface area contributed by atoms with Crippen LogP contribution in [-0.4, -0.2) is 22.6 Å². The fourth-order valence-electron chi connectivity index (χ4n) is 1.63. The lowest BCUT2D eigenvalue weighted by atomic mass is 10.4. The van der Waals surface area contributed by atoms with Crippen molar-refractivity contribution in [2.45, 2.75) is 33.2 Å². The predicted molar refractivity (Wildman–Crippen MR) is 62.1 cm³/mol. The van der Waals surface area contributed by atoms with Gasteiger partial charge in [0.2, 0.25) is 0 Å². The number of hydrogen-bond donors (Lipinski definition) is 2. The number of hydrogen-bond acceptors (Lipinski definition) is 4. The van der Waals surface area contributed by atoms with Gasteiger partial charge in [-0.25, -0.2) is 9.97 Å². The maximum absolute atomic E-state index is 4.37. The van der Waals surface area contributed by atoms with Gasteiger partial charge in [-0.15, -0.1) is 0 Å². The third-order valence-corrected chi connectivity index (χ3v) is 2.64. The Kier molecular flexibility index (Phi) is 2.75. The van der Waals surface area contributed by atoms with E-state index in [1.54, 1.807) is 0 Å². The minimum atomic E-state index is 0.605. The van der Waals surface area contributed by atoms with Crippen molar-refractivity contribution in [1.82, 2.24) is 9.97 Å². The number of nitrogens with zero attached hydrogens (tertiary/aromatic N) is 2. The number of aromatic nitrogens is 2. The Labute approximate surface area is 90.5 Å². The first kappa shape index (κ1) is 10.2. The van der Waals surface area contributed by atoms with Crippen LogP contribution in [0.15, 0.2) is 6.07 Å². The molecule has 1 aliphatic rings. The number of anilines is 2. The molecule has 2 unspecified atom stereocenters. The van der Waals surface area contributed by atoms with Gasteiger partial charge in [0.15, 0.2) is 0 Å². The molecule has 1 heterocycles. The topological polar surface area (TPSA) is 49.8 Å². The molecule has 0 aromatic carbocycles. The van der Waals surface area contributed by atoms with Crippen molar-refractivity contribution in [3.8, 4) is 0 Å². The Balaban J connectivity index is 2.08. The lowest BCUT2D eigenvalue weighted by molar-refractivity contribution is 0.917. The minimum Gasteiger partial charge on any atom is -0.370 e. The van der Waals surface area contributed by atoms with E-state index < -0.39 is 0 Å². The standard InChI is InChI=1S/C11H18N4/c1-4-12-10-6-11(14-8(3)13-10)15-9-5-7(9)2/h6-7,9H,4-5H2,1-3H3,(H2,12,13,14,15). The first-order chi connectivity index (χ1) is 7.19. The molecule has 0 saturated heterocycles. The van der Waals surface area contributed by atoms with Gasteiger partial charge in [0.1, 0.15) is 17.5 Å². The van der Waals surface area contributed by atoms with Gasteiger partial charge in [-0.2, -0.15) is 0 Å². The van der Waals surface area contributed by atoms with E-state index in [1.807, 2.05) is 13.0 Å². The second kappa shape index (κ2) is 4.04. The zero-order valence-electron chi connectivity index (χ0n) is 9.54. The van der Waals surface area contributed by atoms with Crippen LogP contribution in [0.1, 0.15) is 26.1 Å². The summed E-state index contributed by atoms with van der Waals surface area (Å²) < 4.78 is 0. The molecule has 1 aromatic rings. The Hall–Kier alpha value is -1.32. The predicted octanol–water partition coefficient (Wildman–Crippen LogP) is 2.04. The molecule has 2 N–H and O–H groups in total. The average molecular weight is 206 g/mol. The second-order valence-electron chi connectivity index (χ2n) is 4.18. The first-order valence-corrected chi connectivity index (χ1v) is 5.55. The zero-order chi connectivity index (χ0) is 10.8. The highest BCUT2D eigenvalue weighted by atomic mass is 15.1. The fourth-order valence-corrected chi connectivity index (χ4v) is 1.63. The molecule has 2 atom stereocenters. The van der Waals surface area contributed by atoms with Crippen LogP contribution < -0.4 is 10.6 Å². The molecule has 1 aliphatic carbocycles. The van der Waals surface area contributed by atoms with Crippen LogP contribution in [-0.2, 0) is 0 Å². The SMILES string of the molecule is CCNc1cc(NC2CC2C)nc(C)n1. The molecule has 2 rings (SSSR count). The molecule has 0 aliphatic heterocycles. The normalized spacial score (nSPS) is 23.7. The van der Waals surface area contributed by atoms with Gasteiger partial charge in [-0.1, -0.05) is 6.92 Å². The highest BCUT2D eigenvalue weighted by Gasteiger charge is 2.32. The number of nitrogens with one attached hydrogen (secondary N) is 2. The zero-order valence-corrected chi connectivity index (χ0v) is 9.54. The van der Waals surface area contributed by atoms with Crippen molar-refractivity contribution in [3.63, 3.8) is 0 Å². The van der Waals surface area contributed by atoms with Gasteiger partial charge < -0.3 is 10.6 Å². The molecule has 0 bridgehead atoms. The van der Waals surface area contributed by atoms with Crippen LogP contribution in [0.2, 0.25) is 0 Å². The molecule has 4 heteroatoms. The summed E-state index contributed by atoms with van der Waals surface area (Å²) in [5.74, 6) is 3.43. The van der Waals surface area contributed by atoms with E-state index in [1.165, 1.54) is 6.42 Å². The van der Waals surface area contributed by atoms with Gasteiger partial charge in [-0.05, 0) is 26.2 Å². The first-order valence-electron chi connectivity index (χ1n) is 5.55. The van der Waals surface area contributed by atoms with E-state index in [-0.39, 0.29) is 0 Å². The van der Waals surface area contributed by atoms with Crippen molar-refractivity contribution >= 4 is 11.6 Å².